The molecule has 1 saturated heterocycles. The van der Waals surface area contributed by atoms with Gasteiger partial charge in [0.25, 0.3) is 0 Å². The van der Waals surface area contributed by atoms with Crippen LogP contribution in [-0.2, 0) is 9.53 Å². The first-order chi connectivity index (χ1) is 9.68. The van der Waals surface area contributed by atoms with Crippen molar-refractivity contribution in [3.05, 3.63) is 35.4 Å². The van der Waals surface area contributed by atoms with Gasteiger partial charge in [-0.3, -0.25) is 9.69 Å². The summed E-state index contributed by atoms with van der Waals surface area (Å²) in [5.74, 6) is -0.215. The number of fused-ring (bicyclic) bond motifs is 1. The van der Waals surface area contributed by atoms with Gasteiger partial charge in [0.15, 0.2) is 0 Å². The van der Waals surface area contributed by atoms with Crippen LogP contribution in [0.3, 0.4) is 0 Å². The first-order valence-electron chi connectivity index (χ1n) is 7.33. The second-order valence-electron chi connectivity index (χ2n) is 5.79. The van der Waals surface area contributed by atoms with Crippen LogP contribution in [0.5, 0.6) is 0 Å². The summed E-state index contributed by atoms with van der Waals surface area (Å²) in [5, 5.41) is 9.42. The third-order valence-electron chi connectivity index (χ3n) is 4.61. The third kappa shape index (κ3) is 2.34. The number of nitrogens with zero attached hydrogens (tertiary/aromatic N) is 1. The van der Waals surface area contributed by atoms with E-state index in [0.29, 0.717) is 25.7 Å². The van der Waals surface area contributed by atoms with Gasteiger partial charge in [-0.25, -0.2) is 0 Å². The van der Waals surface area contributed by atoms with Gasteiger partial charge in [0.2, 0.25) is 0 Å². The molecule has 3 unspecified atom stereocenters. The molecule has 1 aliphatic carbocycles. The van der Waals surface area contributed by atoms with Gasteiger partial charge in [0, 0.05) is 12.6 Å². The van der Waals surface area contributed by atoms with Gasteiger partial charge in [-0.15, -0.1) is 0 Å². The summed E-state index contributed by atoms with van der Waals surface area (Å²) in [6, 6.07) is 8.17. The zero-order valence-corrected chi connectivity index (χ0v) is 11.8. The van der Waals surface area contributed by atoms with Crippen LogP contribution in [0.25, 0.3) is 0 Å². The fourth-order valence-electron chi connectivity index (χ4n) is 3.53. The van der Waals surface area contributed by atoms with E-state index in [0.717, 1.165) is 12.8 Å². The van der Waals surface area contributed by atoms with Crippen LogP contribution in [0.4, 0.5) is 0 Å². The van der Waals surface area contributed by atoms with Gasteiger partial charge in [-0.2, -0.15) is 0 Å². The highest BCUT2D eigenvalue weighted by Crippen LogP contribution is 2.41. The topological polar surface area (TPSA) is 49.8 Å². The molecule has 0 spiro atoms. The first kappa shape index (κ1) is 13.6. The molecule has 20 heavy (non-hydrogen) atoms. The molecule has 1 aliphatic heterocycles. The molecule has 4 nitrogen and oxygen atoms in total. The molecule has 1 N–H and O–H groups in total. The van der Waals surface area contributed by atoms with Crippen molar-refractivity contribution in [3.8, 4) is 0 Å². The third-order valence-corrected chi connectivity index (χ3v) is 4.61. The second-order valence-corrected chi connectivity index (χ2v) is 5.79. The van der Waals surface area contributed by atoms with Crippen LogP contribution in [0.2, 0.25) is 0 Å². The Morgan fingerprint density at radius 2 is 2.05 bits per heavy atom. The van der Waals surface area contributed by atoms with Crippen molar-refractivity contribution in [1.29, 1.82) is 0 Å². The van der Waals surface area contributed by atoms with E-state index in [1.54, 1.807) is 0 Å². The zero-order valence-electron chi connectivity index (χ0n) is 11.8. The molecule has 3 atom stereocenters. The predicted molar refractivity (Wildman–Crippen MR) is 75.8 cm³/mol. The van der Waals surface area contributed by atoms with E-state index in [1.165, 1.54) is 11.1 Å². The molecular weight excluding hydrogens is 254 g/mol. The minimum Gasteiger partial charge on any atom is -0.480 e. The van der Waals surface area contributed by atoms with Gasteiger partial charge in [-0.1, -0.05) is 31.2 Å². The quantitative estimate of drug-likeness (QED) is 0.900. The van der Waals surface area contributed by atoms with Crippen LogP contribution in [-0.4, -0.2) is 41.8 Å². The Morgan fingerprint density at radius 3 is 2.80 bits per heavy atom. The van der Waals surface area contributed by atoms with Gasteiger partial charge in [0.05, 0.1) is 13.2 Å². The molecule has 2 aliphatic rings. The lowest BCUT2D eigenvalue weighted by molar-refractivity contribution is -0.152. The summed E-state index contributed by atoms with van der Waals surface area (Å²) in [5.41, 5.74) is 2.68. The number of carboxylic acids is 1. The Bertz CT molecular complexity index is 502. The van der Waals surface area contributed by atoms with Gasteiger partial charge >= 0.3 is 5.97 Å². The Labute approximate surface area is 119 Å². The molecule has 1 aromatic rings. The first-order valence-corrected chi connectivity index (χ1v) is 7.33. The van der Waals surface area contributed by atoms with Crippen molar-refractivity contribution in [2.24, 2.45) is 0 Å². The van der Waals surface area contributed by atoms with Crippen LogP contribution in [0, 0.1) is 0 Å². The van der Waals surface area contributed by atoms with Crippen LogP contribution in [0.15, 0.2) is 24.3 Å². The maximum absolute atomic E-state index is 11.5. The molecule has 1 heterocycles. The number of carbonyl (C=O) groups is 1. The van der Waals surface area contributed by atoms with Crippen LogP contribution >= 0.6 is 0 Å². The summed E-state index contributed by atoms with van der Waals surface area (Å²) in [6.45, 7) is 3.87. The number of morpholine rings is 1. The molecule has 0 aromatic heterocycles. The summed E-state index contributed by atoms with van der Waals surface area (Å²) in [4.78, 5) is 13.6. The second kappa shape index (κ2) is 5.54. The average molecular weight is 275 g/mol. The van der Waals surface area contributed by atoms with E-state index in [9.17, 15) is 9.90 Å². The molecule has 1 aromatic carbocycles. The van der Waals surface area contributed by atoms with Crippen molar-refractivity contribution < 1.29 is 14.6 Å². The van der Waals surface area contributed by atoms with E-state index in [1.807, 2.05) is 0 Å². The summed E-state index contributed by atoms with van der Waals surface area (Å²) in [6.07, 6.45) is 2.15. The van der Waals surface area contributed by atoms with Crippen molar-refractivity contribution in [1.82, 2.24) is 4.90 Å². The Morgan fingerprint density at radius 1 is 1.30 bits per heavy atom. The summed E-state index contributed by atoms with van der Waals surface area (Å²) in [7, 11) is 0. The molecule has 4 heteroatoms. The Kier molecular flexibility index (Phi) is 3.76. The molecule has 0 bridgehead atoms. The average Bonchev–Trinajstić information content (AvgIpc) is 2.48. The highest BCUT2D eigenvalue weighted by molar-refractivity contribution is 5.74. The smallest absolute Gasteiger partial charge is 0.323 e. The standard InChI is InChI=1S/C16H21NO3/c1-11-6-7-14(13-5-3-2-4-12(11)13)17-8-9-20-10-15(17)16(18)19/h2-5,11,14-15H,6-10H2,1H3,(H,18,19). The van der Waals surface area contributed by atoms with Crippen LogP contribution < -0.4 is 0 Å². The number of rotatable bonds is 2. The highest BCUT2D eigenvalue weighted by atomic mass is 16.5. The lowest BCUT2D eigenvalue weighted by Crippen LogP contribution is -2.51. The van der Waals surface area contributed by atoms with Crippen molar-refractivity contribution in [3.63, 3.8) is 0 Å². The normalized spacial score (nSPS) is 30.8. The van der Waals surface area contributed by atoms with Crippen LogP contribution in [0.1, 0.15) is 42.9 Å². The van der Waals surface area contributed by atoms with E-state index in [4.69, 9.17) is 4.74 Å². The van der Waals surface area contributed by atoms with Crippen molar-refractivity contribution >= 4 is 5.97 Å². The SMILES string of the molecule is CC1CCC(N2CCOCC2C(=O)O)c2ccccc21. The monoisotopic (exact) mass is 275 g/mol. The maximum Gasteiger partial charge on any atom is 0.323 e. The lowest BCUT2D eigenvalue weighted by atomic mass is 9.80. The molecular formula is C16H21NO3. The maximum atomic E-state index is 11.5. The predicted octanol–water partition coefficient (Wildman–Crippen LogP) is 2.41. The molecule has 108 valence electrons. The summed E-state index contributed by atoms with van der Waals surface area (Å²) < 4.78 is 5.35. The minimum absolute atomic E-state index is 0.215. The molecule has 0 saturated carbocycles. The van der Waals surface area contributed by atoms with Crippen molar-refractivity contribution in [2.75, 3.05) is 19.8 Å². The van der Waals surface area contributed by atoms with E-state index in [2.05, 4.69) is 36.1 Å². The number of hydrogen-bond donors (Lipinski definition) is 1. The lowest BCUT2D eigenvalue weighted by Gasteiger charge is -2.42. The number of carboxylic acid groups (broad SMARTS) is 1. The van der Waals surface area contributed by atoms with E-state index >= 15 is 0 Å². The van der Waals surface area contributed by atoms with Crippen molar-refractivity contribution in [2.45, 2.75) is 37.8 Å². The number of aliphatic carboxylic acids is 1. The number of benzene rings is 1. The number of ether oxygens (including phenoxy) is 1. The van der Waals surface area contributed by atoms with E-state index < -0.39 is 12.0 Å². The minimum atomic E-state index is -0.777. The fourth-order valence-corrected chi connectivity index (χ4v) is 3.53. The van der Waals surface area contributed by atoms with Gasteiger partial charge in [-0.05, 0) is 29.9 Å². The molecule has 0 radical (unpaired) electrons. The molecule has 1 fully saturated rings. The molecule has 3 rings (SSSR count). The van der Waals surface area contributed by atoms with Gasteiger partial charge < -0.3 is 9.84 Å². The largest absolute Gasteiger partial charge is 0.480 e. The zero-order chi connectivity index (χ0) is 14.1. The fraction of sp³-hybridized carbons (Fsp3) is 0.562. The Balaban J connectivity index is 1.93. The highest BCUT2D eigenvalue weighted by Gasteiger charge is 2.37. The van der Waals surface area contributed by atoms with E-state index in [-0.39, 0.29) is 6.04 Å². The number of hydrogen-bond acceptors (Lipinski definition) is 3. The Hall–Kier alpha value is -1.39. The van der Waals surface area contributed by atoms with Gasteiger partial charge in [0.1, 0.15) is 6.04 Å². The summed E-state index contributed by atoms with van der Waals surface area (Å²) >= 11 is 0. The molecule has 0 amide bonds.